The number of H-pyrrole nitrogens is 1. The number of aromatic amines is 1. The number of carboxylic acids is 1. The predicted molar refractivity (Wildman–Crippen MR) is 86.2 cm³/mol. The lowest BCUT2D eigenvalue weighted by atomic mass is 10.0. The predicted octanol–water partition coefficient (Wildman–Crippen LogP) is 4.00. The Morgan fingerprint density at radius 1 is 1.22 bits per heavy atom. The van der Waals surface area contributed by atoms with E-state index in [2.05, 4.69) is 4.98 Å². The number of rotatable bonds is 5. The van der Waals surface area contributed by atoms with Crippen molar-refractivity contribution in [1.82, 2.24) is 4.98 Å². The average Bonchev–Trinajstić information content (AvgIpc) is 2.86. The fourth-order valence-electron chi connectivity index (χ4n) is 2.69. The number of carbonyl (C=O) groups is 1. The van der Waals surface area contributed by atoms with Crippen molar-refractivity contribution >= 4 is 16.9 Å². The SMILES string of the molecule is CCOc1ccc(-c2[nH]c3ccc(F)cc3c2CC(=O)O)cc1. The number of hydrogen-bond donors (Lipinski definition) is 2. The number of aromatic nitrogens is 1. The fourth-order valence-corrected chi connectivity index (χ4v) is 2.69. The van der Waals surface area contributed by atoms with Crippen molar-refractivity contribution in [2.24, 2.45) is 0 Å². The van der Waals surface area contributed by atoms with E-state index < -0.39 is 5.97 Å². The largest absolute Gasteiger partial charge is 0.494 e. The number of hydrogen-bond acceptors (Lipinski definition) is 2. The zero-order chi connectivity index (χ0) is 16.4. The maximum absolute atomic E-state index is 13.5. The molecule has 0 spiro atoms. The van der Waals surface area contributed by atoms with Gasteiger partial charge in [-0.15, -0.1) is 0 Å². The van der Waals surface area contributed by atoms with Crippen molar-refractivity contribution < 1.29 is 19.0 Å². The Morgan fingerprint density at radius 3 is 2.61 bits per heavy atom. The van der Waals surface area contributed by atoms with Crippen molar-refractivity contribution in [3.8, 4) is 17.0 Å². The molecule has 0 fully saturated rings. The van der Waals surface area contributed by atoms with Crippen LogP contribution in [0.1, 0.15) is 12.5 Å². The molecule has 0 saturated heterocycles. The standard InChI is InChI=1S/C18H16FNO3/c1-2-23-13-6-3-11(4-7-13)18-15(10-17(21)22)14-9-12(19)5-8-16(14)20-18/h3-9,20H,2,10H2,1H3,(H,21,22). The zero-order valence-corrected chi connectivity index (χ0v) is 12.6. The molecule has 0 radical (unpaired) electrons. The third-order valence-corrected chi connectivity index (χ3v) is 3.65. The van der Waals surface area contributed by atoms with Gasteiger partial charge in [-0.1, -0.05) is 0 Å². The zero-order valence-electron chi connectivity index (χ0n) is 12.6. The van der Waals surface area contributed by atoms with Crippen LogP contribution < -0.4 is 4.74 Å². The summed E-state index contributed by atoms with van der Waals surface area (Å²) in [4.78, 5) is 14.4. The molecule has 1 heterocycles. The Kier molecular flexibility index (Phi) is 4.02. The summed E-state index contributed by atoms with van der Waals surface area (Å²) >= 11 is 0. The van der Waals surface area contributed by atoms with Crippen LogP contribution in [0.5, 0.6) is 5.75 Å². The Morgan fingerprint density at radius 2 is 1.96 bits per heavy atom. The molecule has 0 unspecified atom stereocenters. The molecule has 0 atom stereocenters. The molecule has 0 aliphatic carbocycles. The van der Waals surface area contributed by atoms with E-state index in [0.29, 0.717) is 28.8 Å². The molecule has 4 nitrogen and oxygen atoms in total. The quantitative estimate of drug-likeness (QED) is 0.748. The Labute approximate surface area is 132 Å². The summed E-state index contributed by atoms with van der Waals surface area (Å²) in [5, 5.41) is 9.77. The Hall–Kier alpha value is -2.82. The molecule has 2 aromatic carbocycles. The first-order valence-electron chi connectivity index (χ1n) is 7.33. The summed E-state index contributed by atoms with van der Waals surface area (Å²) in [5.41, 5.74) is 2.82. The van der Waals surface area contributed by atoms with Gasteiger partial charge in [0.05, 0.1) is 18.7 Å². The molecule has 23 heavy (non-hydrogen) atoms. The molecule has 1 aromatic heterocycles. The van der Waals surface area contributed by atoms with Crippen molar-refractivity contribution in [3.63, 3.8) is 0 Å². The first-order chi connectivity index (χ1) is 11.1. The van der Waals surface area contributed by atoms with Gasteiger partial charge >= 0.3 is 5.97 Å². The lowest BCUT2D eigenvalue weighted by Crippen LogP contribution is -2.01. The van der Waals surface area contributed by atoms with Crippen LogP contribution >= 0.6 is 0 Å². The van der Waals surface area contributed by atoms with Crippen LogP contribution in [-0.4, -0.2) is 22.7 Å². The Bertz CT molecular complexity index is 853. The maximum Gasteiger partial charge on any atom is 0.307 e. The molecule has 5 heteroatoms. The topological polar surface area (TPSA) is 62.3 Å². The van der Waals surface area contributed by atoms with Crippen molar-refractivity contribution in [1.29, 1.82) is 0 Å². The second-order valence-electron chi connectivity index (χ2n) is 5.20. The molecule has 0 amide bonds. The molecule has 0 saturated carbocycles. The lowest BCUT2D eigenvalue weighted by molar-refractivity contribution is -0.136. The minimum atomic E-state index is -0.956. The van der Waals surface area contributed by atoms with E-state index in [4.69, 9.17) is 4.74 Å². The molecule has 2 N–H and O–H groups in total. The Balaban J connectivity index is 2.13. The van der Waals surface area contributed by atoms with Gasteiger partial charge in [0.2, 0.25) is 0 Å². The number of fused-ring (bicyclic) bond motifs is 1. The van der Waals surface area contributed by atoms with Crippen LogP contribution in [0.3, 0.4) is 0 Å². The van der Waals surface area contributed by atoms with Gasteiger partial charge in [0.15, 0.2) is 0 Å². The fraction of sp³-hybridized carbons (Fsp3) is 0.167. The maximum atomic E-state index is 13.5. The monoisotopic (exact) mass is 313 g/mol. The summed E-state index contributed by atoms with van der Waals surface area (Å²) in [6, 6.07) is 11.7. The molecule has 0 bridgehead atoms. The van der Waals surface area contributed by atoms with Gasteiger partial charge in [-0.05, 0) is 60.5 Å². The highest BCUT2D eigenvalue weighted by atomic mass is 19.1. The molecule has 0 aliphatic heterocycles. The number of benzene rings is 2. The molecule has 0 aliphatic rings. The van der Waals surface area contributed by atoms with Gasteiger partial charge in [-0.2, -0.15) is 0 Å². The second-order valence-corrected chi connectivity index (χ2v) is 5.20. The normalized spacial score (nSPS) is 10.9. The highest BCUT2D eigenvalue weighted by molar-refractivity contribution is 5.94. The van der Waals surface area contributed by atoms with Crippen LogP contribution in [0.4, 0.5) is 4.39 Å². The second kappa shape index (κ2) is 6.12. The third kappa shape index (κ3) is 3.04. The van der Waals surface area contributed by atoms with Crippen LogP contribution in [0.25, 0.3) is 22.2 Å². The number of halogens is 1. The van der Waals surface area contributed by atoms with Gasteiger partial charge in [-0.25, -0.2) is 4.39 Å². The van der Waals surface area contributed by atoms with Gasteiger partial charge < -0.3 is 14.8 Å². The molecule has 3 rings (SSSR count). The molecule has 118 valence electrons. The van der Waals surface area contributed by atoms with Gasteiger partial charge in [0, 0.05) is 10.9 Å². The summed E-state index contributed by atoms with van der Waals surface area (Å²) in [7, 11) is 0. The number of nitrogens with one attached hydrogen (secondary N) is 1. The van der Waals surface area contributed by atoms with E-state index in [1.807, 2.05) is 31.2 Å². The van der Waals surface area contributed by atoms with Gasteiger partial charge in [-0.3, -0.25) is 4.79 Å². The van der Waals surface area contributed by atoms with Crippen molar-refractivity contribution in [2.75, 3.05) is 6.61 Å². The number of carboxylic acid groups (broad SMARTS) is 1. The molecular formula is C18H16FNO3. The summed E-state index contributed by atoms with van der Waals surface area (Å²) < 4.78 is 18.9. The van der Waals surface area contributed by atoms with E-state index in [1.54, 1.807) is 6.07 Å². The first-order valence-corrected chi connectivity index (χ1v) is 7.33. The van der Waals surface area contributed by atoms with E-state index in [-0.39, 0.29) is 12.2 Å². The summed E-state index contributed by atoms with van der Waals surface area (Å²) in [6.07, 6.45) is -0.175. The number of aliphatic carboxylic acids is 1. The highest BCUT2D eigenvalue weighted by Gasteiger charge is 2.16. The third-order valence-electron chi connectivity index (χ3n) is 3.65. The van der Waals surface area contributed by atoms with Crippen LogP contribution in [0.2, 0.25) is 0 Å². The lowest BCUT2D eigenvalue weighted by Gasteiger charge is -2.06. The van der Waals surface area contributed by atoms with E-state index in [9.17, 15) is 14.3 Å². The smallest absolute Gasteiger partial charge is 0.307 e. The van der Waals surface area contributed by atoms with Crippen molar-refractivity contribution in [3.05, 3.63) is 53.8 Å². The minimum Gasteiger partial charge on any atom is -0.494 e. The van der Waals surface area contributed by atoms with E-state index in [0.717, 1.165) is 11.3 Å². The van der Waals surface area contributed by atoms with Gasteiger partial charge in [0.25, 0.3) is 0 Å². The van der Waals surface area contributed by atoms with E-state index in [1.165, 1.54) is 12.1 Å². The van der Waals surface area contributed by atoms with E-state index >= 15 is 0 Å². The van der Waals surface area contributed by atoms with Crippen LogP contribution in [-0.2, 0) is 11.2 Å². The highest BCUT2D eigenvalue weighted by Crippen LogP contribution is 2.32. The minimum absolute atomic E-state index is 0.175. The number of ether oxygens (including phenoxy) is 1. The average molecular weight is 313 g/mol. The molecule has 3 aromatic rings. The molecular weight excluding hydrogens is 297 g/mol. The van der Waals surface area contributed by atoms with Gasteiger partial charge in [0.1, 0.15) is 11.6 Å². The summed E-state index contributed by atoms with van der Waals surface area (Å²) in [6.45, 7) is 2.49. The van der Waals surface area contributed by atoms with Crippen LogP contribution in [0, 0.1) is 5.82 Å². The van der Waals surface area contributed by atoms with Crippen molar-refractivity contribution in [2.45, 2.75) is 13.3 Å². The summed E-state index contributed by atoms with van der Waals surface area (Å²) in [5.74, 6) is -0.595. The van der Waals surface area contributed by atoms with Crippen LogP contribution in [0.15, 0.2) is 42.5 Å². The first kappa shape index (κ1) is 15.1.